The molecule has 9 heteroatoms. The van der Waals surface area contributed by atoms with Gasteiger partial charge < -0.3 is 15.4 Å². The molecule has 3 rings (SSSR count). The number of nitrogens with one attached hydrogen (secondary N) is 2. The highest BCUT2D eigenvalue weighted by atomic mass is 127. The standard InChI is InChI=1S/C18H34N4O3S.HI/c1-4-25-16-13-15(18(16)9-6-10-18)21-17(19-3)20-14-7-11-22(12-8-14)26(23,24)5-2;/h14-16H,4-13H2,1-3H3,(H2,19,20,21);1H. The van der Waals surface area contributed by atoms with E-state index in [-0.39, 0.29) is 35.8 Å². The maximum atomic E-state index is 12.0. The molecule has 0 aromatic heterocycles. The normalized spacial score (nSPS) is 28.8. The SMILES string of the molecule is CCOC1CC(NC(=NC)NC2CCN(S(=O)(=O)CC)CC2)C12CCC2.I. The van der Waals surface area contributed by atoms with Gasteiger partial charge in [0.05, 0.1) is 11.9 Å². The van der Waals surface area contributed by atoms with Crippen LogP contribution in [0.4, 0.5) is 0 Å². The maximum Gasteiger partial charge on any atom is 0.213 e. The van der Waals surface area contributed by atoms with Crippen LogP contribution >= 0.6 is 24.0 Å². The topological polar surface area (TPSA) is 83.0 Å². The van der Waals surface area contributed by atoms with Crippen molar-refractivity contribution in [2.24, 2.45) is 10.4 Å². The molecule has 2 atom stereocenters. The van der Waals surface area contributed by atoms with E-state index in [1.807, 2.05) is 0 Å². The minimum Gasteiger partial charge on any atom is -0.378 e. The predicted molar refractivity (Wildman–Crippen MR) is 119 cm³/mol. The number of ether oxygens (including phenoxy) is 1. The van der Waals surface area contributed by atoms with Crippen LogP contribution in [0.2, 0.25) is 0 Å². The lowest BCUT2D eigenvalue weighted by molar-refractivity contribution is -0.168. The fraction of sp³-hybridized carbons (Fsp3) is 0.944. The van der Waals surface area contributed by atoms with E-state index in [1.54, 1.807) is 18.3 Å². The summed E-state index contributed by atoms with van der Waals surface area (Å²) in [6.07, 6.45) is 6.83. The molecule has 1 saturated heterocycles. The highest BCUT2D eigenvalue weighted by molar-refractivity contribution is 14.0. The van der Waals surface area contributed by atoms with E-state index in [9.17, 15) is 8.42 Å². The summed E-state index contributed by atoms with van der Waals surface area (Å²) >= 11 is 0. The Bertz CT molecular complexity index is 616. The summed E-state index contributed by atoms with van der Waals surface area (Å²) in [7, 11) is -1.27. The van der Waals surface area contributed by atoms with Crippen molar-refractivity contribution in [3.05, 3.63) is 0 Å². The minimum atomic E-state index is -3.07. The Morgan fingerprint density at radius 3 is 2.37 bits per heavy atom. The number of nitrogens with zero attached hydrogens (tertiary/aromatic N) is 2. The van der Waals surface area contributed by atoms with E-state index in [0.29, 0.717) is 30.7 Å². The van der Waals surface area contributed by atoms with Crippen LogP contribution in [0.3, 0.4) is 0 Å². The average molecular weight is 514 g/mol. The molecule has 3 aliphatic rings. The van der Waals surface area contributed by atoms with Gasteiger partial charge in [-0.1, -0.05) is 6.42 Å². The van der Waals surface area contributed by atoms with Gasteiger partial charge in [-0.2, -0.15) is 0 Å². The fourth-order valence-corrected chi connectivity index (χ4v) is 5.76. The lowest BCUT2D eigenvalue weighted by atomic mass is 9.51. The number of hydrogen-bond donors (Lipinski definition) is 2. The third-order valence-corrected chi connectivity index (χ3v) is 8.41. The van der Waals surface area contributed by atoms with E-state index in [2.05, 4.69) is 22.5 Å². The molecule has 2 aliphatic carbocycles. The summed E-state index contributed by atoms with van der Waals surface area (Å²) in [5, 5.41) is 7.12. The first-order chi connectivity index (χ1) is 12.4. The van der Waals surface area contributed by atoms with Gasteiger partial charge in [0.15, 0.2) is 5.96 Å². The van der Waals surface area contributed by atoms with Crippen LogP contribution in [0.25, 0.3) is 0 Å². The van der Waals surface area contributed by atoms with Gasteiger partial charge in [-0.05, 0) is 46.0 Å². The van der Waals surface area contributed by atoms with E-state index in [1.165, 1.54) is 19.3 Å². The van der Waals surface area contributed by atoms with E-state index in [4.69, 9.17) is 4.74 Å². The molecule has 2 saturated carbocycles. The van der Waals surface area contributed by atoms with Crippen molar-refractivity contribution in [3.63, 3.8) is 0 Å². The lowest BCUT2D eigenvalue weighted by Gasteiger charge is -2.61. The molecule has 158 valence electrons. The molecule has 3 fully saturated rings. The summed E-state index contributed by atoms with van der Waals surface area (Å²) < 4.78 is 31.5. The average Bonchev–Trinajstić information content (AvgIpc) is 2.58. The minimum absolute atomic E-state index is 0. The Kier molecular flexibility index (Phi) is 8.21. The van der Waals surface area contributed by atoms with Crippen LogP contribution in [0, 0.1) is 5.41 Å². The quantitative estimate of drug-likeness (QED) is 0.322. The summed E-state index contributed by atoms with van der Waals surface area (Å²) in [5.41, 5.74) is 0.298. The molecule has 0 amide bonds. The molecule has 0 aromatic rings. The third kappa shape index (κ3) is 4.72. The first kappa shape index (κ1) is 23.2. The first-order valence-electron chi connectivity index (χ1n) is 10.0. The molecule has 2 N–H and O–H groups in total. The van der Waals surface area contributed by atoms with Crippen LogP contribution in [0.5, 0.6) is 0 Å². The van der Waals surface area contributed by atoms with Crippen molar-refractivity contribution >= 4 is 40.0 Å². The van der Waals surface area contributed by atoms with Crippen LogP contribution in [-0.4, -0.2) is 69.4 Å². The predicted octanol–water partition coefficient (Wildman–Crippen LogP) is 1.93. The van der Waals surface area contributed by atoms with Gasteiger partial charge in [-0.3, -0.25) is 4.99 Å². The zero-order valence-electron chi connectivity index (χ0n) is 16.7. The van der Waals surface area contributed by atoms with Gasteiger partial charge >= 0.3 is 0 Å². The molecule has 1 spiro atoms. The van der Waals surface area contributed by atoms with Crippen molar-refractivity contribution in [3.8, 4) is 0 Å². The Morgan fingerprint density at radius 2 is 1.89 bits per heavy atom. The van der Waals surface area contributed by atoms with Gasteiger partial charge in [0.2, 0.25) is 10.0 Å². The van der Waals surface area contributed by atoms with Gasteiger partial charge in [0, 0.05) is 44.2 Å². The second kappa shape index (κ2) is 9.58. The highest BCUT2D eigenvalue weighted by Gasteiger charge is 2.59. The Morgan fingerprint density at radius 1 is 1.22 bits per heavy atom. The number of sulfonamides is 1. The lowest BCUT2D eigenvalue weighted by Crippen LogP contribution is -2.69. The number of aliphatic imine (C=N–C) groups is 1. The molecule has 1 heterocycles. The van der Waals surface area contributed by atoms with E-state index >= 15 is 0 Å². The smallest absolute Gasteiger partial charge is 0.213 e. The second-order valence-corrected chi connectivity index (χ2v) is 10.0. The number of guanidine groups is 1. The zero-order chi connectivity index (χ0) is 18.8. The summed E-state index contributed by atoms with van der Waals surface area (Å²) in [4.78, 5) is 4.40. The molecule has 1 aliphatic heterocycles. The monoisotopic (exact) mass is 514 g/mol. The van der Waals surface area contributed by atoms with Crippen LogP contribution in [0.1, 0.15) is 52.4 Å². The molecule has 0 bridgehead atoms. The third-order valence-electron chi connectivity index (χ3n) is 6.52. The van der Waals surface area contributed by atoms with Gasteiger partial charge in [0.25, 0.3) is 0 Å². The molecule has 27 heavy (non-hydrogen) atoms. The fourth-order valence-electron chi connectivity index (χ4n) is 4.63. The van der Waals surface area contributed by atoms with Crippen LogP contribution in [-0.2, 0) is 14.8 Å². The molecule has 0 radical (unpaired) electrons. The van der Waals surface area contributed by atoms with E-state index in [0.717, 1.165) is 31.8 Å². The summed E-state index contributed by atoms with van der Waals surface area (Å²) in [6.45, 7) is 5.73. The van der Waals surface area contributed by atoms with Gasteiger partial charge in [-0.15, -0.1) is 24.0 Å². The summed E-state index contributed by atoms with van der Waals surface area (Å²) in [5.74, 6) is 1.02. The molecule has 2 unspecified atom stereocenters. The Hall–Kier alpha value is -0.130. The molecule has 7 nitrogen and oxygen atoms in total. The zero-order valence-corrected chi connectivity index (χ0v) is 19.9. The van der Waals surface area contributed by atoms with Gasteiger partial charge in [-0.25, -0.2) is 12.7 Å². The highest BCUT2D eigenvalue weighted by Crippen LogP contribution is 2.57. The van der Waals surface area contributed by atoms with E-state index < -0.39 is 10.0 Å². The number of rotatable bonds is 6. The Labute approximate surface area is 181 Å². The largest absolute Gasteiger partial charge is 0.378 e. The van der Waals surface area contributed by atoms with Crippen molar-refractivity contribution in [1.82, 2.24) is 14.9 Å². The second-order valence-electron chi connectivity index (χ2n) is 7.75. The Balaban J connectivity index is 0.00000261. The summed E-state index contributed by atoms with van der Waals surface area (Å²) in [6, 6.07) is 0.698. The first-order valence-corrected chi connectivity index (χ1v) is 11.7. The van der Waals surface area contributed by atoms with Gasteiger partial charge in [0.1, 0.15) is 0 Å². The molecular formula is C18H35IN4O3S. The van der Waals surface area contributed by atoms with Crippen molar-refractivity contribution < 1.29 is 13.2 Å². The molecular weight excluding hydrogens is 479 g/mol. The number of piperidine rings is 1. The van der Waals surface area contributed by atoms with Crippen LogP contribution in [0.15, 0.2) is 4.99 Å². The van der Waals surface area contributed by atoms with Crippen molar-refractivity contribution in [2.75, 3.05) is 32.5 Å². The number of hydrogen-bond acceptors (Lipinski definition) is 4. The van der Waals surface area contributed by atoms with Crippen molar-refractivity contribution in [1.29, 1.82) is 0 Å². The maximum absolute atomic E-state index is 12.0. The molecule has 0 aromatic carbocycles. The number of halogens is 1. The van der Waals surface area contributed by atoms with Crippen molar-refractivity contribution in [2.45, 2.75) is 70.6 Å². The van der Waals surface area contributed by atoms with Crippen LogP contribution < -0.4 is 10.6 Å².